The van der Waals surface area contributed by atoms with Crippen LogP contribution in [-0.2, 0) is 10.0 Å². The molecule has 108 valence electrons. The summed E-state index contributed by atoms with van der Waals surface area (Å²) in [5, 5.41) is 27.3. The van der Waals surface area contributed by atoms with Crippen LogP contribution in [-0.4, -0.2) is 24.6 Å². The third-order valence-corrected chi connectivity index (χ3v) is 5.31. The van der Waals surface area contributed by atoms with Crippen molar-refractivity contribution in [2.45, 2.75) is 4.21 Å². The Kier molecular flexibility index (Phi) is 3.84. The number of nitrogens with zero attached hydrogens (tertiary/aromatic N) is 1. The van der Waals surface area contributed by atoms with Crippen molar-refractivity contribution < 1.29 is 23.4 Å². The molecule has 2 rings (SSSR count). The second-order valence-corrected chi connectivity index (χ2v) is 6.84. The van der Waals surface area contributed by atoms with E-state index in [1.54, 1.807) is 0 Å². The molecule has 7 nitrogen and oxygen atoms in total. The van der Waals surface area contributed by atoms with E-state index >= 15 is 0 Å². The van der Waals surface area contributed by atoms with Gasteiger partial charge in [0.2, 0.25) is 0 Å². The number of nitriles is 1. The number of aromatic carboxylic acids is 1. The van der Waals surface area contributed by atoms with E-state index < -0.39 is 27.3 Å². The van der Waals surface area contributed by atoms with Crippen molar-refractivity contribution in [2.24, 2.45) is 0 Å². The Balaban J connectivity index is 2.40. The Bertz CT molecular complexity index is 849. The van der Waals surface area contributed by atoms with Gasteiger partial charge in [0, 0.05) is 0 Å². The van der Waals surface area contributed by atoms with Gasteiger partial charge in [-0.05, 0) is 24.3 Å². The molecular weight excluding hydrogens is 316 g/mol. The van der Waals surface area contributed by atoms with Crippen LogP contribution in [0.1, 0.15) is 15.2 Å². The number of anilines is 1. The van der Waals surface area contributed by atoms with Gasteiger partial charge in [-0.3, -0.25) is 4.72 Å². The van der Waals surface area contributed by atoms with E-state index in [1.165, 1.54) is 24.3 Å². The first-order valence-corrected chi connectivity index (χ1v) is 7.73. The zero-order valence-corrected chi connectivity index (χ0v) is 11.9. The van der Waals surface area contributed by atoms with E-state index in [9.17, 15) is 18.3 Å². The first-order chi connectivity index (χ1) is 9.85. The van der Waals surface area contributed by atoms with Gasteiger partial charge in [-0.1, -0.05) is 6.07 Å². The first kappa shape index (κ1) is 14.8. The first-order valence-electron chi connectivity index (χ1n) is 5.43. The van der Waals surface area contributed by atoms with Crippen LogP contribution in [0.2, 0.25) is 0 Å². The fourth-order valence-electron chi connectivity index (χ4n) is 1.52. The second-order valence-electron chi connectivity index (χ2n) is 3.84. The SMILES string of the molecule is N#Cc1ccc(S(=O)(=O)Nc2cccc(C(=O)O)c2O)s1. The lowest BCUT2D eigenvalue weighted by atomic mass is 10.2. The number of benzene rings is 1. The lowest BCUT2D eigenvalue weighted by molar-refractivity contribution is 0.0694. The number of para-hydroxylation sites is 1. The molecule has 2 aromatic rings. The molecule has 0 radical (unpaired) electrons. The van der Waals surface area contributed by atoms with Crippen molar-refractivity contribution in [3.8, 4) is 11.8 Å². The normalized spacial score (nSPS) is 10.8. The van der Waals surface area contributed by atoms with Crippen molar-refractivity contribution >= 4 is 33.0 Å². The minimum absolute atomic E-state index is 0.112. The number of rotatable bonds is 4. The molecule has 1 aromatic heterocycles. The molecule has 0 saturated carbocycles. The molecular formula is C12H8N2O5S2. The number of hydrogen-bond donors (Lipinski definition) is 3. The molecule has 0 fully saturated rings. The lowest BCUT2D eigenvalue weighted by Crippen LogP contribution is -2.12. The molecule has 0 atom stereocenters. The number of hydrogen-bond acceptors (Lipinski definition) is 6. The minimum Gasteiger partial charge on any atom is -0.505 e. The van der Waals surface area contributed by atoms with Gasteiger partial charge < -0.3 is 10.2 Å². The van der Waals surface area contributed by atoms with E-state index in [2.05, 4.69) is 4.72 Å². The maximum absolute atomic E-state index is 12.1. The Hall–Kier alpha value is -2.57. The fourth-order valence-corrected chi connectivity index (χ4v) is 3.69. The molecule has 0 amide bonds. The Labute approximate surface area is 123 Å². The predicted octanol–water partition coefficient (Wildman–Crippen LogP) is 1.82. The van der Waals surface area contributed by atoms with Gasteiger partial charge in [0.1, 0.15) is 20.7 Å². The van der Waals surface area contributed by atoms with Crippen LogP contribution in [0.15, 0.2) is 34.5 Å². The number of carboxylic acids is 1. The molecule has 0 saturated heterocycles. The monoisotopic (exact) mass is 324 g/mol. The fraction of sp³-hybridized carbons (Fsp3) is 0. The maximum atomic E-state index is 12.1. The van der Waals surface area contributed by atoms with Crippen LogP contribution < -0.4 is 4.72 Å². The van der Waals surface area contributed by atoms with Gasteiger partial charge in [-0.2, -0.15) is 5.26 Å². The number of carboxylic acid groups (broad SMARTS) is 1. The minimum atomic E-state index is -4.00. The molecule has 0 aliphatic rings. The molecule has 0 unspecified atom stereocenters. The Morgan fingerprint density at radius 1 is 1.29 bits per heavy atom. The molecule has 9 heteroatoms. The van der Waals surface area contributed by atoms with E-state index in [0.29, 0.717) is 0 Å². The van der Waals surface area contributed by atoms with Gasteiger partial charge >= 0.3 is 5.97 Å². The van der Waals surface area contributed by atoms with Crippen molar-refractivity contribution in [1.82, 2.24) is 0 Å². The summed E-state index contributed by atoms with van der Waals surface area (Å²) in [7, 11) is -4.00. The van der Waals surface area contributed by atoms with Crippen LogP contribution in [0.5, 0.6) is 5.75 Å². The quantitative estimate of drug-likeness (QED) is 0.736. The number of nitrogens with one attached hydrogen (secondary N) is 1. The van der Waals surface area contributed by atoms with Gasteiger partial charge in [0.25, 0.3) is 10.0 Å². The highest BCUT2D eigenvalue weighted by molar-refractivity contribution is 7.94. The van der Waals surface area contributed by atoms with E-state index in [0.717, 1.165) is 17.4 Å². The largest absolute Gasteiger partial charge is 0.505 e. The standard InChI is InChI=1S/C12H8N2O5S2/c13-6-7-4-5-10(20-7)21(18,19)14-9-3-1-2-8(11(9)15)12(16)17/h1-5,14-15H,(H,16,17). The van der Waals surface area contributed by atoms with E-state index in [4.69, 9.17) is 10.4 Å². The summed E-state index contributed by atoms with van der Waals surface area (Å²) in [6, 6.07) is 8.11. The number of sulfonamides is 1. The van der Waals surface area contributed by atoms with E-state index in [1.807, 2.05) is 6.07 Å². The lowest BCUT2D eigenvalue weighted by Gasteiger charge is -2.09. The average Bonchev–Trinajstić information content (AvgIpc) is 2.90. The van der Waals surface area contributed by atoms with Crippen LogP contribution >= 0.6 is 11.3 Å². The van der Waals surface area contributed by atoms with Gasteiger partial charge in [-0.15, -0.1) is 11.3 Å². The summed E-state index contributed by atoms with van der Waals surface area (Å²) in [6.45, 7) is 0. The van der Waals surface area contributed by atoms with Crippen molar-refractivity contribution in [1.29, 1.82) is 5.26 Å². The number of carbonyl (C=O) groups is 1. The molecule has 3 N–H and O–H groups in total. The van der Waals surface area contributed by atoms with Gasteiger partial charge in [0.15, 0.2) is 5.75 Å². The average molecular weight is 324 g/mol. The van der Waals surface area contributed by atoms with Crippen LogP contribution in [0.3, 0.4) is 0 Å². The predicted molar refractivity (Wildman–Crippen MR) is 74.9 cm³/mol. The summed E-state index contributed by atoms with van der Waals surface area (Å²) < 4.78 is 26.2. The summed E-state index contributed by atoms with van der Waals surface area (Å²) in [5.74, 6) is -2.05. The highest BCUT2D eigenvalue weighted by Gasteiger charge is 2.21. The number of phenols is 1. The topological polar surface area (TPSA) is 127 Å². The second kappa shape index (κ2) is 5.43. The molecule has 0 bridgehead atoms. The summed E-state index contributed by atoms with van der Waals surface area (Å²) in [4.78, 5) is 11.1. The van der Waals surface area contributed by atoms with Crippen LogP contribution in [0.25, 0.3) is 0 Å². The highest BCUT2D eigenvalue weighted by atomic mass is 32.2. The number of aromatic hydroxyl groups is 1. The van der Waals surface area contributed by atoms with Gasteiger partial charge in [-0.25, -0.2) is 13.2 Å². The third-order valence-electron chi connectivity index (χ3n) is 2.47. The van der Waals surface area contributed by atoms with Crippen molar-refractivity contribution in [3.63, 3.8) is 0 Å². The van der Waals surface area contributed by atoms with Crippen LogP contribution in [0.4, 0.5) is 5.69 Å². The molecule has 1 heterocycles. The summed E-state index contributed by atoms with van der Waals surface area (Å²) >= 11 is 0.766. The Morgan fingerprint density at radius 2 is 2.00 bits per heavy atom. The molecule has 0 aliphatic carbocycles. The van der Waals surface area contributed by atoms with Crippen molar-refractivity contribution in [3.05, 3.63) is 40.8 Å². The zero-order valence-electron chi connectivity index (χ0n) is 10.3. The molecule has 0 spiro atoms. The summed E-state index contributed by atoms with van der Waals surface area (Å²) in [6.07, 6.45) is 0. The zero-order chi connectivity index (χ0) is 15.6. The van der Waals surface area contributed by atoms with Gasteiger partial charge in [0.05, 0.1) is 5.69 Å². The molecule has 21 heavy (non-hydrogen) atoms. The number of thiophene rings is 1. The van der Waals surface area contributed by atoms with E-state index in [-0.39, 0.29) is 14.8 Å². The Morgan fingerprint density at radius 3 is 2.57 bits per heavy atom. The van der Waals surface area contributed by atoms with Crippen LogP contribution in [0, 0.1) is 11.3 Å². The summed E-state index contributed by atoms with van der Waals surface area (Å²) in [5.41, 5.74) is -0.666. The van der Waals surface area contributed by atoms with Crippen molar-refractivity contribution in [2.75, 3.05) is 4.72 Å². The highest BCUT2D eigenvalue weighted by Crippen LogP contribution is 2.31. The third kappa shape index (κ3) is 2.96. The smallest absolute Gasteiger partial charge is 0.339 e. The maximum Gasteiger partial charge on any atom is 0.339 e. The molecule has 1 aromatic carbocycles. The molecule has 0 aliphatic heterocycles.